The van der Waals surface area contributed by atoms with Crippen LogP contribution in [-0.4, -0.2) is 31.1 Å². The summed E-state index contributed by atoms with van der Waals surface area (Å²) in [6, 6.07) is 9.55. The molecule has 3 rings (SSSR count). The summed E-state index contributed by atoms with van der Waals surface area (Å²) in [7, 11) is 0. The van der Waals surface area contributed by atoms with Crippen molar-refractivity contribution >= 4 is 0 Å². The fourth-order valence-corrected chi connectivity index (χ4v) is 3.52. The molecule has 0 aliphatic carbocycles. The number of likely N-dealkylation sites (tertiary alicyclic amines) is 1. The first kappa shape index (κ1) is 13.1. The van der Waals surface area contributed by atoms with Gasteiger partial charge in [-0.05, 0) is 63.0 Å². The Morgan fingerprint density at radius 2 is 1.84 bits per heavy atom. The molecule has 104 valence electrons. The summed E-state index contributed by atoms with van der Waals surface area (Å²) in [4.78, 5) is 2.67. The van der Waals surface area contributed by atoms with Crippen LogP contribution < -0.4 is 5.32 Å². The van der Waals surface area contributed by atoms with E-state index in [1.165, 1.54) is 58.2 Å². The van der Waals surface area contributed by atoms with Crippen LogP contribution in [0.5, 0.6) is 0 Å². The van der Waals surface area contributed by atoms with Crippen molar-refractivity contribution in [1.82, 2.24) is 10.2 Å². The highest BCUT2D eigenvalue weighted by Gasteiger charge is 2.20. The number of nitrogens with one attached hydrogen (secondary N) is 1. The molecule has 0 spiro atoms. The molecule has 1 unspecified atom stereocenters. The average Bonchev–Trinajstić information content (AvgIpc) is 2.74. The number of hydrogen-bond donors (Lipinski definition) is 1. The smallest absolute Gasteiger partial charge is 0.0335 e. The van der Waals surface area contributed by atoms with Crippen LogP contribution in [-0.2, 0) is 6.42 Å². The van der Waals surface area contributed by atoms with Gasteiger partial charge < -0.3 is 10.2 Å². The highest BCUT2D eigenvalue weighted by Crippen LogP contribution is 2.25. The molecule has 1 saturated heterocycles. The Hall–Kier alpha value is -0.860. The number of hydrogen-bond acceptors (Lipinski definition) is 2. The van der Waals surface area contributed by atoms with Gasteiger partial charge >= 0.3 is 0 Å². The maximum absolute atomic E-state index is 3.70. The van der Waals surface area contributed by atoms with Crippen LogP contribution in [0.2, 0.25) is 0 Å². The number of benzene rings is 1. The third-order valence-corrected chi connectivity index (χ3v) is 4.65. The summed E-state index contributed by atoms with van der Waals surface area (Å²) in [5, 5.41) is 3.70. The van der Waals surface area contributed by atoms with Crippen molar-refractivity contribution in [2.75, 3.05) is 26.2 Å². The molecule has 0 radical (unpaired) electrons. The minimum Gasteiger partial charge on any atom is -0.310 e. The van der Waals surface area contributed by atoms with Gasteiger partial charge in [-0.15, -0.1) is 0 Å². The Morgan fingerprint density at radius 3 is 2.68 bits per heavy atom. The van der Waals surface area contributed by atoms with Crippen molar-refractivity contribution in [3.8, 4) is 0 Å². The molecule has 1 aromatic rings. The summed E-state index contributed by atoms with van der Waals surface area (Å²) in [5.74, 6) is 0. The molecule has 2 heteroatoms. The first-order valence-corrected chi connectivity index (χ1v) is 7.97. The lowest BCUT2D eigenvalue weighted by atomic mass is 9.92. The Morgan fingerprint density at radius 1 is 1.05 bits per heavy atom. The number of rotatable bonds is 3. The Kier molecular flexibility index (Phi) is 4.52. The zero-order valence-electron chi connectivity index (χ0n) is 11.9. The molecule has 2 heterocycles. The van der Waals surface area contributed by atoms with Gasteiger partial charge in [-0.2, -0.15) is 0 Å². The topological polar surface area (TPSA) is 15.3 Å². The molecule has 0 aromatic heterocycles. The molecule has 1 fully saturated rings. The minimum atomic E-state index is 0.577. The lowest BCUT2D eigenvalue weighted by Crippen LogP contribution is -2.34. The van der Waals surface area contributed by atoms with Gasteiger partial charge in [-0.25, -0.2) is 0 Å². The van der Waals surface area contributed by atoms with E-state index >= 15 is 0 Å². The van der Waals surface area contributed by atoms with Crippen LogP contribution >= 0.6 is 0 Å². The van der Waals surface area contributed by atoms with Crippen LogP contribution in [0.4, 0.5) is 0 Å². The fourth-order valence-electron chi connectivity index (χ4n) is 3.52. The molecule has 2 nitrogen and oxygen atoms in total. The zero-order valence-corrected chi connectivity index (χ0v) is 11.9. The van der Waals surface area contributed by atoms with Crippen LogP contribution in [0, 0.1) is 0 Å². The second-order valence-electron chi connectivity index (χ2n) is 6.00. The average molecular weight is 258 g/mol. The summed E-state index contributed by atoms with van der Waals surface area (Å²) in [6.45, 7) is 5.02. The highest BCUT2D eigenvalue weighted by molar-refractivity contribution is 5.32. The summed E-state index contributed by atoms with van der Waals surface area (Å²) in [5.41, 5.74) is 3.10. The third-order valence-electron chi connectivity index (χ3n) is 4.65. The van der Waals surface area contributed by atoms with E-state index in [1.807, 2.05) is 0 Å². The molecule has 1 aromatic carbocycles. The van der Waals surface area contributed by atoms with E-state index in [0.717, 1.165) is 6.54 Å². The van der Waals surface area contributed by atoms with E-state index in [4.69, 9.17) is 0 Å². The first-order valence-electron chi connectivity index (χ1n) is 7.97. The lowest BCUT2D eigenvalue weighted by molar-refractivity contribution is 0.264. The second kappa shape index (κ2) is 6.53. The summed E-state index contributed by atoms with van der Waals surface area (Å²) >= 11 is 0. The number of nitrogens with zero attached hydrogens (tertiary/aromatic N) is 1. The molecular weight excluding hydrogens is 232 g/mol. The van der Waals surface area contributed by atoms with E-state index in [0.29, 0.717) is 6.04 Å². The van der Waals surface area contributed by atoms with Crippen molar-refractivity contribution in [3.05, 3.63) is 35.4 Å². The maximum Gasteiger partial charge on any atom is 0.0335 e. The molecule has 2 aliphatic heterocycles. The molecule has 0 amide bonds. The molecule has 0 saturated carbocycles. The van der Waals surface area contributed by atoms with Gasteiger partial charge in [0.25, 0.3) is 0 Å². The summed E-state index contributed by atoms with van der Waals surface area (Å²) in [6.07, 6.45) is 8.11. The predicted molar refractivity (Wildman–Crippen MR) is 80.4 cm³/mol. The van der Waals surface area contributed by atoms with Gasteiger partial charge in [0.2, 0.25) is 0 Å². The van der Waals surface area contributed by atoms with E-state index < -0.39 is 0 Å². The van der Waals surface area contributed by atoms with Gasteiger partial charge in [-0.1, -0.05) is 37.1 Å². The zero-order chi connectivity index (χ0) is 12.9. The number of fused-ring (bicyclic) bond motifs is 1. The van der Waals surface area contributed by atoms with Gasteiger partial charge in [0.05, 0.1) is 0 Å². The normalized spacial score (nSPS) is 24.7. The van der Waals surface area contributed by atoms with Gasteiger partial charge in [-0.3, -0.25) is 0 Å². The lowest BCUT2D eigenvalue weighted by Gasteiger charge is -2.29. The van der Waals surface area contributed by atoms with Crippen molar-refractivity contribution in [2.24, 2.45) is 0 Å². The van der Waals surface area contributed by atoms with Crippen molar-refractivity contribution in [3.63, 3.8) is 0 Å². The van der Waals surface area contributed by atoms with Gasteiger partial charge in [0, 0.05) is 6.04 Å². The van der Waals surface area contributed by atoms with Gasteiger partial charge in [0.1, 0.15) is 0 Å². The molecule has 2 aliphatic rings. The molecule has 0 bridgehead atoms. The molecule has 1 N–H and O–H groups in total. The summed E-state index contributed by atoms with van der Waals surface area (Å²) < 4.78 is 0. The van der Waals surface area contributed by atoms with Crippen molar-refractivity contribution < 1.29 is 0 Å². The van der Waals surface area contributed by atoms with Gasteiger partial charge in [0.15, 0.2) is 0 Å². The van der Waals surface area contributed by atoms with Crippen LogP contribution in [0.1, 0.15) is 49.3 Å². The molecule has 1 atom stereocenters. The molecule has 19 heavy (non-hydrogen) atoms. The quantitative estimate of drug-likeness (QED) is 0.896. The van der Waals surface area contributed by atoms with E-state index in [2.05, 4.69) is 34.5 Å². The largest absolute Gasteiger partial charge is 0.310 e. The predicted octanol–water partition coefficient (Wildman–Crippen LogP) is 3.14. The first-order chi connectivity index (χ1) is 9.43. The van der Waals surface area contributed by atoms with E-state index in [1.54, 1.807) is 11.1 Å². The van der Waals surface area contributed by atoms with Crippen LogP contribution in [0.25, 0.3) is 0 Å². The Balaban J connectivity index is 1.58. The maximum atomic E-state index is 3.70. The van der Waals surface area contributed by atoms with Crippen molar-refractivity contribution in [2.45, 2.75) is 44.6 Å². The molecular formula is C17H26N2. The van der Waals surface area contributed by atoms with Crippen molar-refractivity contribution in [1.29, 1.82) is 0 Å². The van der Waals surface area contributed by atoms with E-state index in [9.17, 15) is 0 Å². The third kappa shape index (κ3) is 3.37. The monoisotopic (exact) mass is 258 g/mol. The Bertz CT molecular complexity index is 394. The van der Waals surface area contributed by atoms with Crippen LogP contribution in [0.15, 0.2) is 24.3 Å². The SMILES string of the molecule is c1ccc2c(c1)CCNC2CCN1CCCCCC1. The van der Waals surface area contributed by atoms with E-state index in [-0.39, 0.29) is 0 Å². The second-order valence-corrected chi connectivity index (χ2v) is 6.00. The minimum absolute atomic E-state index is 0.577. The standard InChI is InChI=1S/C17H26N2/c1-2-6-13-19(12-5-1)14-10-17-16-8-4-3-7-15(16)9-11-18-17/h3-4,7-8,17-18H,1-2,5-6,9-14H2. The highest BCUT2D eigenvalue weighted by atomic mass is 15.1. The Labute approximate surface area is 117 Å². The fraction of sp³-hybridized carbons (Fsp3) is 0.647. The van der Waals surface area contributed by atoms with Crippen LogP contribution in [0.3, 0.4) is 0 Å².